The summed E-state index contributed by atoms with van der Waals surface area (Å²) in [4.78, 5) is 6.77. The van der Waals surface area contributed by atoms with E-state index < -0.39 is 0 Å². The Labute approximate surface area is 141 Å². The van der Waals surface area contributed by atoms with Gasteiger partial charge in [0.1, 0.15) is 0 Å². The molecule has 3 rings (SSSR count). The van der Waals surface area contributed by atoms with Gasteiger partial charge in [-0.15, -0.1) is 0 Å². The number of methoxy groups -OCH3 is 1. The Morgan fingerprint density at radius 1 is 1.13 bits per heavy atom. The van der Waals surface area contributed by atoms with Crippen LogP contribution in [-0.2, 0) is 0 Å². The van der Waals surface area contributed by atoms with Gasteiger partial charge in [0.25, 0.3) is 0 Å². The quantitative estimate of drug-likeness (QED) is 0.521. The van der Waals surface area contributed by atoms with Gasteiger partial charge in [0.2, 0.25) is 0 Å². The van der Waals surface area contributed by atoms with E-state index in [0.29, 0.717) is 5.57 Å². The van der Waals surface area contributed by atoms with Crippen molar-refractivity contribution >= 4 is 26.2 Å². The molecule has 0 amide bonds. The first kappa shape index (κ1) is 15.3. The summed E-state index contributed by atoms with van der Waals surface area (Å²) in [7, 11) is 1.65. The van der Waals surface area contributed by atoms with Crippen LogP contribution < -0.4 is 4.74 Å². The number of rotatable bonds is 4. The van der Waals surface area contributed by atoms with E-state index in [9.17, 15) is 5.26 Å². The summed E-state index contributed by atoms with van der Waals surface area (Å²) in [6.07, 6.45) is 1.89. The van der Waals surface area contributed by atoms with Crippen molar-refractivity contribution in [3.8, 4) is 23.1 Å². The molecule has 0 aliphatic heterocycles. The van der Waals surface area contributed by atoms with Gasteiger partial charge in [-0.25, -0.2) is 0 Å². The molecular weight excluding hydrogens is 351 g/mol. The van der Waals surface area contributed by atoms with E-state index in [2.05, 4.69) is 16.0 Å². The Balaban J connectivity index is 1.91. The standard InChI is InChI=1S/C19H14N2OSe/c1-22-17-9-7-15(8-10-17)18-13-23-19(21-18)16(12-20)11-14-5-3-2-4-6-14/h2-11,13H,1H3. The first-order valence-electron chi connectivity index (χ1n) is 7.07. The zero-order valence-corrected chi connectivity index (χ0v) is 14.3. The fourth-order valence-electron chi connectivity index (χ4n) is 2.15. The molecule has 0 saturated heterocycles. The van der Waals surface area contributed by atoms with E-state index in [1.165, 1.54) is 0 Å². The molecule has 1 heterocycles. The molecule has 0 atom stereocenters. The summed E-state index contributed by atoms with van der Waals surface area (Å²) in [6, 6.07) is 19.9. The molecule has 3 nitrogen and oxygen atoms in total. The van der Waals surface area contributed by atoms with Crippen molar-refractivity contribution in [2.24, 2.45) is 0 Å². The molecule has 0 N–H and O–H groups in total. The molecule has 0 unspecified atom stereocenters. The van der Waals surface area contributed by atoms with Gasteiger partial charge < -0.3 is 0 Å². The third-order valence-corrected chi connectivity index (χ3v) is 5.19. The predicted octanol–water partition coefficient (Wildman–Crippen LogP) is 3.88. The maximum absolute atomic E-state index is 9.44. The Morgan fingerprint density at radius 2 is 1.87 bits per heavy atom. The van der Waals surface area contributed by atoms with Crippen LogP contribution in [0.15, 0.2) is 59.5 Å². The van der Waals surface area contributed by atoms with Gasteiger partial charge in [0, 0.05) is 0 Å². The molecule has 0 fully saturated rings. The van der Waals surface area contributed by atoms with E-state index in [4.69, 9.17) is 4.74 Å². The molecule has 112 valence electrons. The van der Waals surface area contributed by atoms with Crippen LogP contribution >= 0.6 is 0 Å². The molecule has 0 aliphatic rings. The van der Waals surface area contributed by atoms with Crippen molar-refractivity contribution in [3.05, 3.63) is 69.7 Å². The van der Waals surface area contributed by atoms with E-state index in [0.717, 1.165) is 27.1 Å². The zero-order chi connectivity index (χ0) is 16.1. The molecule has 2 aromatic carbocycles. The molecule has 23 heavy (non-hydrogen) atoms. The van der Waals surface area contributed by atoms with Crippen LogP contribution in [0.1, 0.15) is 10.1 Å². The Kier molecular flexibility index (Phi) is 4.73. The maximum atomic E-state index is 9.44. The number of benzene rings is 2. The minimum absolute atomic E-state index is 0.0750. The van der Waals surface area contributed by atoms with Gasteiger partial charge in [-0.1, -0.05) is 0 Å². The molecular formula is C19H14N2OSe. The van der Waals surface area contributed by atoms with Gasteiger partial charge in [-0.05, 0) is 0 Å². The first-order chi connectivity index (χ1) is 11.3. The fourth-order valence-corrected chi connectivity index (χ4v) is 3.82. The Bertz CT molecular complexity index is 858. The summed E-state index contributed by atoms with van der Waals surface area (Å²) >= 11 is 0.0750. The normalized spacial score (nSPS) is 11.0. The van der Waals surface area contributed by atoms with Crippen molar-refractivity contribution in [2.45, 2.75) is 0 Å². The van der Waals surface area contributed by atoms with E-state index in [1.807, 2.05) is 60.7 Å². The molecule has 0 aliphatic carbocycles. The van der Waals surface area contributed by atoms with Crippen molar-refractivity contribution in [3.63, 3.8) is 0 Å². The average molecular weight is 365 g/mol. The SMILES string of the molecule is COc1ccc(-c2c[se]c(C(C#N)=Cc3ccccc3)n2)cc1. The van der Waals surface area contributed by atoms with Gasteiger partial charge in [-0.2, -0.15) is 0 Å². The van der Waals surface area contributed by atoms with Gasteiger partial charge in [0.15, 0.2) is 0 Å². The van der Waals surface area contributed by atoms with E-state index in [1.54, 1.807) is 7.11 Å². The van der Waals surface area contributed by atoms with Crippen LogP contribution in [0.2, 0.25) is 0 Å². The number of allylic oxidation sites excluding steroid dienone is 1. The zero-order valence-electron chi connectivity index (χ0n) is 12.6. The predicted molar refractivity (Wildman–Crippen MR) is 93.1 cm³/mol. The molecule has 0 saturated carbocycles. The second-order valence-electron chi connectivity index (χ2n) is 4.85. The first-order valence-corrected chi connectivity index (χ1v) is 8.92. The number of nitriles is 1. The van der Waals surface area contributed by atoms with Crippen LogP contribution in [-0.4, -0.2) is 26.6 Å². The molecule has 0 radical (unpaired) electrons. The van der Waals surface area contributed by atoms with E-state index >= 15 is 0 Å². The van der Waals surface area contributed by atoms with Crippen LogP contribution in [0.3, 0.4) is 0 Å². The van der Waals surface area contributed by atoms with Crippen LogP contribution in [0.25, 0.3) is 22.9 Å². The summed E-state index contributed by atoms with van der Waals surface area (Å²) in [5.41, 5.74) is 3.62. The van der Waals surface area contributed by atoms with Gasteiger partial charge in [0.05, 0.1) is 0 Å². The van der Waals surface area contributed by atoms with Crippen molar-refractivity contribution in [2.75, 3.05) is 7.11 Å². The van der Waals surface area contributed by atoms with Crippen LogP contribution in [0.5, 0.6) is 5.75 Å². The number of ether oxygens (including phenoxy) is 1. The molecule has 1 aromatic heterocycles. The number of hydrogen-bond donors (Lipinski definition) is 0. The summed E-state index contributed by atoms with van der Waals surface area (Å²) in [5, 5.41) is 9.44. The van der Waals surface area contributed by atoms with Gasteiger partial charge in [-0.3, -0.25) is 0 Å². The average Bonchev–Trinajstić information content (AvgIpc) is 3.10. The number of nitrogens with zero attached hydrogens (tertiary/aromatic N) is 2. The van der Waals surface area contributed by atoms with E-state index in [-0.39, 0.29) is 14.5 Å². The second-order valence-corrected chi connectivity index (χ2v) is 6.65. The molecule has 3 aromatic rings. The third-order valence-electron chi connectivity index (χ3n) is 3.35. The van der Waals surface area contributed by atoms with Crippen molar-refractivity contribution < 1.29 is 4.74 Å². The number of aromatic nitrogens is 1. The monoisotopic (exact) mass is 366 g/mol. The van der Waals surface area contributed by atoms with Crippen LogP contribution in [0.4, 0.5) is 0 Å². The van der Waals surface area contributed by atoms with Gasteiger partial charge >= 0.3 is 141 Å². The Morgan fingerprint density at radius 3 is 2.52 bits per heavy atom. The molecule has 4 heteroatoms. The molecule has 0 spiro atoms. The third kappa shape index (κ3) is 3.60. The summed E-state index contributed by atoms with van der Waals surface area (Å²) in [6.45, 7) is 0. The second kappa shape index (κ2) is 7.11. The van der Waals surface area contributed by atoms with Crippen molar-refractivity contribution in [1.82, 2.24) is 4.98 Å². The molecule has 0 bridgehead atoms. The van der Waals surface area contributed by atoms with Crippen molar-refractivity contribution in [1.29, 1.82) is 5.26 Å². The number of hydrogen-bond acceptors (Lipinski definition) is 3. The minimum atomic E-state index is 0.0750. The summed E-state index contributed by atoms with van der Waals surface area (Å²) < 4.78 is 6.04. The fraction of sp³-hybridized carbons (Fsp3) is 0.0526. The summed E-state index contributed by atoms with van der Waals surface area (Å²) in [5.74, 6) is 0.823. The topological polar surface area (TPSA) is 45.9 Å². The Hall–Kier alpha value is -2.60. The van der Waals surface area contributed by atoms with Crippen LogP contribution in [0, 0.1) is 11.3 Å².